The van der Waals surface area contributed by atoms with Crippen molar-refractivity contribution in [1.29, 1.82) is 0 Å². The SMILES string of the molecule is Nc1cnc(-c2ccccc2)nc1CO. The Hall–Kier alpha value is -1.94. The third-order valence-electron chi connectivity index (χ3n) is 2.08. The van der Waals surface area contributed by atoms with Gasteiger partial charge in [-0.1, -0.05) is 30.3 Å². The van der Waals surface area contributed by atoms with Gasteiger partial charge >= 0.3 is 0 Å². The lowest BCUT2D eigenvalue weighted by molar-refractivity contribution is 0.277. The largest absolute Gasteiger partial charge is 0.396 e. The number of benzene rings is 1. The molecule has 4 nitrogen and oxygen atoms in total. The summed E-state index contributed by atoms with van der Waals surface area (Å²) in [6.45, 7) is -0.172. The molecule has 0 aliphatic heterocycles. The third-order valence-corrected chi connectivity index (χ3v) is 2.08. The van der Waals surface area contributed by atoms with Gasteiger partial charge < -0.3 is 10.8 Å². The Morgan fingerprint density at radius 2 is 1.93 bits per heavy atom. The molecule has 1 aromatic carbocycles. The predicted molar refractivity (Wildman–Crippen MR) is 57.8 cm³/mol. The van der Waals surface area contributed by atoms with Crippen molar-refractivity contribution in [2.24, 2.45) is 0 Å². The van der Waals surface area contributed by atoms with E-state index in [0.717, 1.165) is 5.56 Å². The summed E-state index contributed by atoms with van der Waals surface area (Å²) in [5.41, 5.74) is 7.38. The van der Waals surface area contributed by atoms with Gasteiger partial charge in [-0.25, -0.2) is 9.97 Å². The lowest BCUT2D eigenvalue weighted by atomic mass is 10.2. The fourth-order valence-corrected chi connectivity index (χ4v) is 1.28. The first kappa shape index (κ1) is 9.61. The van der Waals surface area contributed by atoms with Crippen LogP contribution in [0, 0.1) is 0 Å². The zero-order valence-corrected chi connectivity index (χ0v) is 8.09. The number of nitrogens with zero attached hydrogens (tertiary/aromatic N) is 2. The van der Waals surface area contributed by atoms with E-state index in [9.17, 15) is 0 Å². The van der Waals surface area contributed by atoms with Crippen molar-refractivity contribution in [3.63, 3.8) is 0 Å². The molecule has 15 heavy (non-hydrogen) atoms. The number of aliphatic hydroxyl groups excluding tert-OH is 1. The number of aliphatic hydroxyl groups is 1. The summed E-state index contributed by atoms with van der Waals surface area (Å²) >= 11 is 0. The van der Waals surface area contributed by atoms with E-state index in [1.165, 1.54) is 6.20 Å². The van der Waals surface area contributed by atoms with Crippen molar-refractivity contribution in [1.82, 2.24) is 9.97 Å². The molecule has 76 valence electrons. The molecular formula is C11H11N3O. The highest BCUT2D eigenvalue weighted by molar-refractivity contribution is 5.56. The molecule has 2 rings (SSSR count). The first-order valence-corrected chi connectivity index (χ1v) is 4.59. The van der Waals surface area contributed by atoms with Gasteiger partial charge in [0.05, 0.1) is 24.2 Å². The van der Waals surface area contributed by atoms with Gasteiger partial charge in [0.15, 0.2) is 5.82 Å². The van der Waals surface area contributed by atoms with Gasteiger partial charge in [0.1, 0.15) is 0 Å². The molecule has 0 fully saturated rings. The summed E-state index contributed by atoms with van der Waals surface area (Å²) in [5, 5.41) is 9.02. The summed E-state index contributed by atoms with van der Waals surface area (Å²) in [4.78, 5) is 8.28. The number of nitrogen functional groups attached to an aromatic ring is 1. The quantitative estimate of drug-likeness (QED) is 0.766. The molecule has 4 heteroatoms. The Bertz CT molecular complexity index is 457. The Morgan fingerprint density at radius 3 is 2.60 bits per heavy atom. The molecule has 0 aliphatic carbocycles. The van der Waals surface area contributed by atoms with E-state index in [2.05, 4.69) is 9.97 Å². The van der Waals surface area contributed by atoms with Crippen LogP contribution in [0.15, 0.2) is 36.5 Å². The molecule has 1 heterocycles. The zero-order valence-electron chi connectivity index (χ0n) is 8.09. The van der Waals surface area contributed by atoms with Gasteiger partial charge in [0.25, 0.3) is 0 Å². The minimum atomic E-state index is -0.172. The topological polar surface area (TPSA) is 72.0 Å². The fraction of sp³-hybridized carbons (Fsp3) is 0.0909. The van der Waals surface area contributed by atoms with E-state index in [-0.39, 0.29) is 6.61 Å². The predicted octanol–water partition coefficient (Wildman–Crippen LogP) is 1.22. The Balaban J connectivity index is 2.46. The molecule has 0 aliphatic rings. The van der Waals surface area contributed by atoms with Crippen LogP contribution < -0.4 is 5.73 Å². The van der Waals surface area contributed by atoms with Gasteiger partial charge in [0, 0.05) is 5.56 Å². The van der Waals surface area contributed by atoms with Crippen molar-refractivity contribution in [3.05, 3.63) is 42.2 Å². The van der Waals surface area contributed by atoms with Crippen LogP contribution in [-0.2, 0) is 6.61 Å². The molecule has 1 aromatic heterocycles. The molecule has 2 aromatic rings. The van der Waals surface area contributed by atoms with Crippen LogP contribution in [0.1, 0.15) is 5.69 Å². The first-order valence-electron chi connectivity index (χ1n) is 4.59. The van der Waals surface area contributed by atoms with E-state index < -0.39 is 0 Å². The van der Waals surface area contributed by atoms with Gasteiger partial charge in [-0.05, 0) is 0 Å². The molecule has 0 unspecified atom stereocenters. The maximum absolute atomic E-state index is 9.02. The number of anilines is 1. The standard InChI is InChI=1S/C11H11N3O/c12-9-6-13-11(14-10(9)7-15)8-4-2-1-3-5-8/h1-6,15H,7,12H2. The van der Waals surface area contributed by atoms with Crippen LogP contribution in [0.5, 0.6) is 0 Å². The molecule has 0 saturated heterocycles. The van der Waals surface area contributed by atoms with E-state index in [1.54, 1.807) is 0 Å². The minimum Gasteiger partial charge on any atom is -0.396 e. The number of nitrogens with two attached hydrogens (primary N) is 1. The van der Waals surface area contributed by atoms with Gasteiger partial charge in [-0.15, -0.1) is 0 Å². The Labute approximate surface area is 87.4 Å². The van der Waals surface area contributed by atoms with Crippen LogP contribution in [0.4, 0.5) is 5.69 Å². The van der Waals surface area contributed by atoms with Crippen molar-refractivity contribution in [3.8, 4) is 11.4 Å². The van der Waals surface area contributed by atoms with Gasteiger partial charge in [-0.3, -0.25) is 0 Å². The van der Waals surface area contributed by atoms with Crippen molar-refractivity contribution >= 4 is 5.69 Å². The average molecular weight is 201 g/mol. The molecule has 3 N–H and O–H groups in total. The van der Waals surface area contributed by atoms with E-state index >= 15 is 0 Å². The van der Waals surface area contributed by atoms with Crippen LogP contribution in [0.2, 0.25) is 0 Å². The summed E-state index contributed by atoms with van der Waals surface area (Å²) in [7, 11) is 0. The molecule has 0 saturated carbocycles. The fourth-order valence-electron chi connectivity index (χ4n) is 1.28. The number of aromatic nitrogens is 2. The van der Waals surface area contributed by atoms with Crippen LogP contribution in [0.3, 0.4) is 0 Å². The second kappa shape index (κ2) is 4.06. The number of hydrogen-bond donors (Lipinski definition) is 2. The average Bonchev–Trinajstić information content (AvgIpc) is 2.31. The Morgan fingerprint density at radius 1 is 1.20 bits per heavy atom. The number of hydrogen-bond acceptors (Lipinski definition) is 4. The molecular weight excluding hydrogens is 190 g/mol. The molecule has 0 radical (unpaired) electrons. The maximum Gasteiger partial charge on any atom is 0.159 e. The van der Waals surface area contributed by atoms with Gasteiger partial charge in [0.2, 0.25) is 0 Å². The highest BCUT2D eigenvalue weighted by atomic mass is 16.3. The second-order valence-corrected chi connectivity index (χ2v) is 3.12. The Kier molecular flexibility index (Phi) is 2.60. The highest BCUT2D eigenvalue weighted by Gasteiger charge is 2.04. The van der Waals surface area contributed by atoms with E-state index in [4.69, 9.17) is 10.8 Å². The molecule has 0 spiro atoms. The summed E-state index contributed by atoms with van der Waals surface area (Å²) < 4.78 is 0. The van der Waals surface area contributed by atoms with Crippen LogP contribution >= 0.6 is 0 Å². The van der Waals surface area contributed by atoms with Crippen LogP contribution in [0.25, 0.3) is 11.4 Å². The minimum absolute atomic E-state index is 0.172. The van der Waals surface area contributed by atoms with Crippen LogP contribution in [-0.4, -0.2) is 15.1 Å². The molecule has 0 bridgehead atoms. The lowest BCUT2D eigenvalue weighted by Gasteiger charge is -2.04. The summed E-state index contributed by atoms with van der Waals surface area (Å²) in [6, 6.07) is 9.56. The maximum atomic E-state index is 9.02. The zero-order chi connectivity index (χ0) is 10.7. The van der Waals surface area contributed by atoms with Crippen molar-refractivity contribution in [2.45, 2.75) is 6.61 Å². The second-order valence-electron chi connectivity index (χ2n) is 3.12. The summed E-state index contributed by atoms with van der Waals surface area (Å²) in [5.74, 6) is 0.578. The summed E-state index contributed by atoms with van der Waals surface area (Å²) in [6.07, 6.45) is 1.51. The monoisotopic (exact) mass is 201 g/mol. The van der Waals surface area contributed by atoms with Crippen molar-refractivity contribution < 1.29 is 5.11 Å². The van der Waals surface area contributed by atoms with Crippen molar-refractivity contribution in [2.75, 3.05) is 5.73 Å². The molecule has 0 atom stereocenters. The molecule has 0 amide bonds. The van der Waals surface area contributed by atoms with E-state index in [1.807, 2.05) is 30.3 Å². The van der Waals surface area contributed by atoms with Gasteiger partial charge in [-0.2, -0.15) is 0 Å². The highest BCUT2D eigenvalue weighted by Crippen LogP contribution is 2.16. The first-order chi connectivity index (χ1) is 7.31. The lowest BCUT2D eigenvalue weighted by Crippen LogP contribution is -2.01. The number of rotatable bonds is 2. The normalized spacial score (nSPS) is 10.2. The smallest absolute Gasteiger partial charge is 0.159 e. The third kappa shape index (κ3) is 1.94. The van der Waals surface area contributed by atoms with E-state index in [0.29, 0.717) is 17.2 Å².